The zero-order valence-electron chi connectivity index (χ0n) is 15.9. The highest BCUT2D eigenvalue weighted by Gasteiger charge is 2.27. The minimum Gasteiger partial charge on any atom is -0.454 e. The van der Waals surface area contributed by atoms with Gasteiger partial charge in [0.05, 0.1) is 16.8 Å². The van der Waals surface area contributed by atoms with Crippen LogP contribution in [0.25, 0.3) is 0 Å². The quantitative estimate of drug-likeness (QED) is 0.396. The zero-order chi connectivity index (χ0) is 21.0. The lowest BCUT2D eigenvalue weighted by molar-refractivity contribution is -0.385. The Morgan fingerprint density at radius 3 is 2.59 bits per heavy atom. The second-order valence-corrected chi connectivity index (χ2v) is 7.92. The largest absolute Gasteiger partial charge is 0.454 e. The van der Waals surface area contributed by atoms with Crippen molar-refractivity contribution in [2.45, 2.75) is 18.7 Å². The van der Waals surface area contributed by atoms with Crippen molar-refractivity contribution < 1.29 is 22.8 Å². The highest BCUT2D eigenvalue weighted by Crippen LogP contribution is 2.32. The van der Waals surface area contributed by atoms with Crippen LogP contribution in [0.1, 0.15) is 19.4 Å². The molecule has 1 aliphatic rings. The second kappa shape index (κ2) is 8.45. The van der Waals surface area contributed by atoms with E-state index in [4.69, 9.17) is 9.47 Å². The Bertz CT molecular complexity index is 1050. The summed E-state index contributed by atoms with van der Waals surface area (Å²) in [6, 6.07) is 8.82. The molecule has 1 heterocycles. The molecule has 0 saturated carbocycles. The van der Waals surface area contributed by atoms with E-state index in [-0.39, 0.29) is 36.2 Å². The first-order valence-electron chi connectivity index (χ1n) is 8.84. The van der Waals surface area contributed by atoms with Crippen LogP contribution in [0.5, 0.6) is 11.5 Å². The van der Waals surface area contributed by atoms with Crippen molar-refractivity contribution in [1.82, 2.24) is 4.31 Å². The molecule has 2 aromatic rings. The maximum Gasteiger partial charge on any atom is 0.270 e. The van der Waals surface area contributed by atoms with Crippen molar-refractivity contribution in [3.05, 3.63) is 52.1 Å². The van der Waals surface area contributed by atoms with Crippen LogP contribution in [-0.2, 0) is 10.0 Å². The molecular weight excluding hydrogens is 400 g/mol. The number of sulfonamides is 1. The molecule has 0 bridgehead atoms. The van der Waals surface area contributed by atoms with Crippen LogP contribution in [0.3, 0.4) is 0 Å². The van der Waals surface area contributed by atoms with E-state index in [0.29, 0.717) is 17.1 Å². The van der Waals surface area contributed by atoms with Gasteiger partial charge < -0.3 is 9.47 Å². The van der Waals surface area contributed by atoms with E-state index in [1.54, 1.807) is 32.0 Å². The summed E-state index contributed by atoms with van der Waals surface area (Å²) in [5, 5.41) is 15.2. The monoisotopic (exact) mass is 420 g/mol. The predicted molar refractivity (Wildman–Crippen MR) is 107 cm³/mol. The number of nitro groups is 1. The molecule has 0 atom stereocenters. The van der Waals surface area contributed by atoms with Gasteiger partial charge in [-0.1, -0.05) is 13.8 Å². The molecular formula is C18H20N4O6S. The Morgan fingerprint density at radius 2 is 1.90 bits per heavy atom. The highest BCUT2D eigenvalue weighted by molar-refractivity contribution is 7.89. The number of nitrogens with zero attached hydrogens (tertiary/aromatic N) is 3. The summed E-state index contributed by atoms with van der Waals surface area (Å²) in [7, 11) is -3.93. The first-order valence-corrected chi connectivity index (χ1v) is 10.3. The van der Waals surface area contributed by atoms with Gasteiger partial charge >= 0.3 is 0 Å². The normalized spacial score (nSPS) is 13.2. The van der Waals surface area contributed by atoms with E-state index in [1.807, 2.05) is 0 Å². The highest BCUT2D eigenvalue weighted by atomic mass is 32.2. The number of benzene rings is 2. The van der Waals surface area contributed by atoms with E-state index >= 15 is 0 Å². The predicted octanol–water partition coefficient (Wildman–Crippen LogP) is 2.80. The molecule has 0 aromatic heterocycles. The summed E-state index contributed by atoms with van der Waals surface area (Å²) in [5.41, 5.74) is 3.20. The van der Waals surface area contributed by atoms with Crippen LogP contribution in [0.15, 0.2) is 46.4 Å². The van der Waals surface area contributed by atoms with Crippen molar-refractivity contribution >= 4 is 27.6 Å². The Hall–Kier alpha value is -3.18. The van der Waals surface area contributed by atoms with Gasteiger partial charge in [-0.15, -0.1) is 0 Å². The number of fused-ring (bicyclic) bond motifs is 1. The molecule has 3 rings (SSSR count). The van der Waals surface area contributed by atoms with Gasteiger partial charge in [0.2, 0.25) is 16.8 Å². The molecule has 154 valence electrons. The summed E-state index contributed by atoms with van der Waals surface area (Å²) in [6.07, 6.45) is 1.48. The van der Waals surface area contributed by atoms with E-state index in [0.717, 1.165) is 6.07 Å². The number of hydrogen-bond donors (Lipinski definition) is 1. The molecule has 1 N–H and O–H groups in total. The molecule has 0 saturated heterocycles. The van der Waals surface area contributed by atoms with E-state index in [9.17, 15) is 18.5 Å². The molecule has 0 fully saturated rings. The topological polar surface area (TPSA) is 123 Å². The Morgan fingerprint density at radius 1 is 1.17 bits per heavy atom. The van der Waals surface area contributed by atoms with Gasteiger partial charge in [0, 0.05) is 25.2 Å². The number of rotatable bonds is 8. The summed E-state index contributed by atoms with van der Waals surface area (Å²) >= 11 is 0. The van der Waals surface area contributed by atoms with Crippen molar-refractivity contribution in [3.63, 3.8) is 0 Å². The number of ether oxygens (including phenoxy) is 2. The van der Waals surface area contributed by atoms with Gasteiger partial charge in [0.25, 0.3) is 5.69 Å². The van der Waals surface area contributed by atoms with Crippen LogP contribution < -0.4 is 14.9 Å². The fraction of sp³-hybridized carbons (Fsp3) is 0.278. The maximum atomic E-state index is 12.9. The lowest BCUT2D eigenvalue weighted by Crippen LogP contribution is -2.31. The van der Waals surface area contributed by atoms with Gasteiger partial charge in [-0.2, -0.15) is 9.41 Å². The zero-order valence-corrected chi connectivity index (χ0v) is 16.7. The van der Waals surface area contributed by atoms with Crippen molar-refractivity contribution in [3.8, 4) is 11.5 Å². The summed E-state index contributed by atoms with van der Waals surface area (Å²) in [4.78, 5) is 10.3. The van der Waals surface area contributed by atoms with E-state index in [2.05, 4.69) is 10.5 Å². The number of hydrazone groups is 1. The van der Waals surface area contributed by atoms with Gasteiger partial charge in [-0.25, -0.2) is 8.42 Å². The molecule has 2 aromatic carbocycles. The lowest BCUT2D eigenvalue weighted by Gasteiger charge is -2.20. The number of non-ortho nitro benzene ring substituents is 1. The average molecular weight is 420 g/mol. The molecule has 1 aliphatic heterocycles. The minimum atomic E-state index is -3.93. The first kappa shape index (κ1) is 20.6. The number of anilines is 1. The van der Waals surface area contributed by atoms with E-state index in [1.165, 1.54) is 22.7 Å². The molecule has 10 nitrogen and oxygen atoms in total. The number of nitrogens with one attached hydrogen (secondary N) is 1. The lowest BCUT2D eigenvalue weighted by atomic mass is 10.2. The van der Waals surface area contributed by atoms with Gasteiger partial charge in [-0.3, -0.25) is 15.5 Å². The SMILES string of the molecule is CCN(CC)S(=O)(=O)c1cc([N+](=O)[O-])ccc1NN=Cc1ccc2c(c1)OCO2. The van der Waals surface area contributed by atoms with Crippen LogP contribution >= 0.6 is 0 Å². The Labute approximate surface area is 167 Å². The van der Waals surface area contributed by atoms with Crippen molar-refractivity contribution in [2.75, 3.05) is 25.3 Å². The fourth-order valence-electron chi connectivity index (χ4n) is 2.80. The van der Waals surface area contributed by atoms with Crippen LogP contribution in [-0.4, -0.2) is 43.7 Å². The summed E-state index contributed by atoms with van der Waals surface area (Å²) in [5.74, 6) is 1.23. The average Bonchev–Trinajstić information content (AvgIpc) is 3.16. The number of hydrogen-bond acceptors (Lipinski definition) is 8. The van der Waals surface area contributed by atoms with Gasteiger partial charge in [0.1, 0.15) is 4.90 Å². The molecule has 0 radical (unpaired) electrons. The standard InChI is InChI=1S/C18H20N4O6S/c1-3-21(4-2)29(25,26)18-10-14(22(23)24)6-7-15(18)20-19-11-13-5-8-16-17(9-13)28-12-27-16/h5-11,20H,3-4,12H2,1-2H3. The van der Waals surface area contributed by atoms with Gasteiger partial charge in [-0.05, 0) is 29.8 Å². The smallest absolute Gasteiger partial charge is 0.270 e. The fourth-order valence-corrected chi connectivity index (χ4v) is 4.42. The van der Waals surface area contributed by atoms with Crippen LogP contribution in [0, 0.1) is 10.1 Å². The summed E-state index contributed by atoms with van der Waals surface area (Å²) < 4.78 is 37.6. The molecule has 0 spiro atoms. The van der Waals surface area contributed by atoms with Crippen molar-refractivity contribution in [1.29, 1.82) is 0 Å². The van der Waals surface area contributed by atoms with Gasteiger partial charge in [0.15, 0.2) is 11.5 Å². The molecule has 0 aliphatic carbocycles. The maximum absolute atomic E-state index is 12.9. The molecule has 0 unspecified atom stereocenters. The first-order chi connectivity index (χ1) is 13.9. The molecule has 29 heavy (non-hydrogen) atoms. The van der Waals surface area contributed by atoms with E-state index < -0.39 is 14.9 Å². The molecule has 11 heteroatoms. The molecule has 0 amide bonds. The third kappa shape index (κ3) is 4.30. The summed E-state index contributed by atoms with van der Waals surface area (Å²) in [6.45, 7) is 4.03. The number of nitro benzene ring substituents is 1. The minimum absolute atomic E-state index is 0.138. The Kier molecular flexibility index (Phi) is 5.99. The second-order valence-electron chi connectivity index (χ2n) is 6.01. The van der Waals surface area contributed by atoms with Crippen LogP contribution in [0.4, 0.5) is 11.4 Å². The van der Waals surface area contributed by atoms with Crippen LogP contribution in [0.2, 0.25) is 0 Å². The third-order valence-electron chi connectivity index (χ3n) is 4.29. The van der Waals surface area contributed by atoms with Crippen molar-refractivity contribution in [2.24, 2.45) is 5.10 Å². The third-order valence-corrected chi connectivity index (χ3v) is 6.38. The Balaban J connectivity index is 1.91.